The molecule has 0 spiro atoms. The van der Waals surface area contributed by atoms with Gasteiger partial charge in [0.25, 0.3) is 5.91 Å². The summed E-state index contributed by atoms with van der Waals surface area (Å²) >= 11 is 13.4. The summed E-state index contributed by atoms with van der Waals surface area (Å²) < 4.78 is 9.94. The summed E-state index contributed by atoms with van der Waals surface area (Å²) in [6, 6.07) is 3.57. The predicted octanol–water partition coefficient (Wildman–Crippen LogP) is 2.70. The summed E-state index contributed by atoms with van der Waals surface area (Å²) in [5, 5.41) is 3.19. The zero-order valence-electron chi connectivity index (χ0n) is 13.4. The number of esters is 2. The summed E-state index contributed by atoms with van der Waals surface area (Å²) in [7, 11) is 0. The number of carbonyl (C=O) groups is 3. The average molecular weight is 406 g/mol. The highest BCUT2D eigenvalue weighted by atomic mass is 35.5. The number of thioether (sulfide) groups is 1. The van der Waals surface area contributed by atoms with Crippen molar-refractivity contribution in [2.45, 2.75) is 25.0 Å². The van der Waals surface area contributed by atoms with Gasteiger partial charge in [0.15, 0.2) is 0 Å². The molecule has 0 aliphatic carbocycles. The lowest BCUT2D eigenvalue weighted by Gasteiger charge is -2.19. The highest BCUT2D eigenvalue weighted by Gasteiger charge is 2.33. The molecule has 136 valence electrons. The minimum absolute atomic E-state index is 0.182. The second-order valence-electron chi connectivity index (χ2n) is 5.31. The van der Waals surface area contributed by atoms with E-state index in [0.717, 1.165) is 0 Å². The molecule has 9 heteroatoms. The summed E-state index contributed by atoms with van der Waals surface area (Å²) in [6.07, 6.45) is 1.64. The van der Waals surface area contributed by atoms with Gasteiger partial charge >= 0.3 is 11.9 Å². The molecule has 0 radical (unpaired) electrons. The Balaban J connectivity index is 2.06. The number of nitrogens with one attached hydrogen (secondary N) is 1. The monoisotopic (exact) mass is 405 g/mol. The van der Waals surface area contributed by atoms with E-state index in [9.17, 15) is 14.4 Å². The largest absolute Gasteiger partial charge is 0.463 e. The highest BCUT2D eigenvalue weighted by molar-refractivity contribution is 7.98. The highest BCUT2D eigenvalue weighted by Crippen LogP contribution is 2.21. The molecule has 1 aliphatic heterocycles. The Morgan fingerprint density at radius 1 is 1.44 bits per heavy atom. The third kappa shape index (κ3) is 5.52. The fourth-order valence-electron chi connectivity index (χ4n) is 2.20. The molecule has 1 heterocycles. The zero-order valence-corrected chi connectivity index (χ0v) is 15.7. The lowest BCUT2D eigenvalue weighted by Crippen LogP contribution is -2.44. The Bertz CT molecular complexity index is 670. The van der Waals surface area contributed by atoms with E-state index in [4.69, 9.17) is 32.7 Å². The van der Waals surface area contributed by atoms with Crippen LogP contribution in [0.4, 0.5) is 0 Å². The Kier molecular flexibility index (Phi) is 7.40. The maximum atomic E-state index is 12.4. The van der Waals surface area contributed by atoms with E-state index in [0.29, 0.717) is 23.6 Å². The third-order valence-corrected chi connectivity index (χ3v) is 4.71. The summed E-state index contributed by atoms with van der Waals surface area (Å²) in [5.41, 5.74) is 0.202. The summed E-state index contributed by atoms with van der Waals surface area (Å²) in [4.78, 5) is 36.2. The first-order valence-corrected chi connectivity index (χ1v) is 9.69. The SMILES string of the molecule is CSCC[C@H](NC(=O)c1ccc(Cl)cc1Cl)C(=O)O[C@@H]1CCOC1=O. The number of amides is 1. The molecule has 0 saturated carbocycles. The van der Waals surface area contributed by atoms with Crippen LogP contribution < -0.4 is 5.32 Å². The van der Waals surface area contributed by atoms with Crippen molar-refractivity contribution >= 4 is 52.8 Å². The molecule has 1 fully saturated rings. The molecule has 6 nitrogen and oxygen atoms in total. The van der Waals surface area contributed by atoms with Crippen LogP contribution in [0.25, 0.3) is 0 Å². The van der Waals surface area contributed by atoms with Crippen LogP contribution in [0.15, 0.2) is 18.2 Å². The number of cyclic esters (lactones) is 1. The van der Waals surface area contributed by atoms with Gasteiger partial charge in [-0.05, 0) is 36.6 Å². The van der Waals surface area contributed by atoms with E-state index >= 15 is 0 Å². The molecule has 2 atom stereocenters. The van der Waals surface area contributed by atoms with Crippen molar-refractivity contribution in [1.82, 2.24) is 5.32 Å². The van der Waals surface area contributed by atoms with Crippen LogP contribution in [-0.4, -0.2) is 48.6 Å². The van der Waals surface area contributed by atoms with Gasteiger partial charge in [0.1, 0.15) is 6.04 Å². The van der Waals surface area contributed by atoms with Gasteiger partial charge in [-0.3, -0.25) is 4.79 Å². The lowest BCUT2D eigenvalue weighted by molar-refractivity contribution is -0.161. The van der Waals surface area contributed by atoms with E-state index in [1.807, 2.05) is 6.26 Å². The summed E-state index contributed by atoms with van der Waals surface area (Å²) in [6.45, 7) is 0.221. The normalized spacial score (nSPS) is 17.7. The molecule has 1 saturated heterocycles. The van der Waals surface area contributed by atoms with Crippen molar-refractivity contribution in [3.05, 3.63) is 33.8 Å². The maximum absolute atomic E-state index is 12.4. The molecule has 0 bridgehead atoms. The standard InChI is InChI=1S/C16H17Cl2NO5S/c1-25-7-5-12(15(21)24-13-4-6-23-16(13)22)19-14(20)10-3-2-9(17)8-11(10)18/h2-3,8,12-13H,4-7H2,1H3,(H,19,20)/t12-,13+/m0/s1. The van der Waals surface area contributed by atoms with Gasteiger partial charge in [-0.15, -0.1) is 0 Å². The third-order valence-electron chi connectivity index (χ3n) is 3.52. The topological polar surface area (TPSA) is 81.7 Å². The van der Waals surface area contributed by atoms with Crippen molar-refractivity contribution < 1.29 is 23.9 Å². The lowest BCUT2D eigenvalue weighted by atomic mass is 10.1. The first-order valence-electron chi connectivity index (χ1n) is 7.54. The Hall–Kier alpha value is -1.44. The van der Waals surface area contributed by atoms with Gasteiger partial charge < -0.3 is 14.8 Å². The molecule has 1 aromatic rings. The number of ether oxygens (including phenoxy) is 2. The van der Waals surface area contributed by atoms with Crippen molar-refractivity contribution in [1.29, 1.82) is 0 Å². The second-order valence-corrected chi connectivity index (χ2v) is 7.14. The van der Waals surface area contributed by atoms with Gasteiger partial charge in [-0.1, -0.05) is 23.2 Å². The van der Waals surface area contributed by atoms with Crippen molar-refractivity contribution in [3.63, 3.8) is 0 Å². The van der Waals surface area contributed by atoms with Crippen molar-refractivity contribution in [2.75, 3.05) is 18.6 Å². The molecule has 25 heavy (non-hydrogen) atoms. The first-order chi connectivity index (χ1) is 11.9. The molecule has 1 aromatic carbocycles. The number of benzene rings is 1. The van der Waals surface area contributed by atoms with Crippen LogP contribution in [0.3, 0.4) is 0 Å². The van der Waals surface area contributed by atoms with Crippen LogP contribution in [0.5, 0.6) is 0 Å². The zero-order chi connectivity index (χ0) is 18.4. The number of carbonyl (C=O) groups excluding carboxylic acids is 3. The molecular weight excluding hydrogens is 389 g/mol. The van der Waals surface area contributed by atoms with Crippen molar-refractivity contribution in [3.8, 4) is 0 Å². The van der Waals surface area contributed by atoms with Crippen LogP contribution in [0.1, 0.15) is 23.2 Å². The minimum Gasteiger partial charge on any atom is -0.463 e. The fourth-order valence-corrected chi connectivity index (χ4v) is 3.17. The van der Waals surface area contributed by atoms with Crippen LogP contribution in [0.2, 0.25) is 10.0 Å². The molecule has 0 aromatic heterocycles. The van der Waals surface area contributed by atoms with Gasteiger partial charge in [0, 0.05) is 11.4 Å². The second kappa shape index (κ2) is 9.31. The van der Waals surface area contributed by atoms with E-state index in [1.165, 1.54) is 30.0 Å². The quantitative estimate of drug-likeness (QED) is 0.702. The Labute approximate surface area is 159 Å². The number of rotatable bonds is 7. The van der Waals surface area contributed by atoms with Crippen LogP contribution in [0, 0.1) is 0 Å². The molecule has 0 unspecified atom stereocenters. The van der Waals surface area contributed by atoms with E-state index < -0.39 is 30.0 Å². The molecule has 1 aliphatic rings. The minimum atomic E-state index is -0.916. The van der Waals surface area contributed by atoms with E-state index in [2.05, 4.69) is 5.32 Å². The van der Waals surface area contributed by atoms with Crippen molar-refractivity contribution in [2.24, 2.45) is 0 Å². The fraction of sp³-hybridized carbons (Fsp3) is 0.438. The van der Waals surface area contributed by atoms with Gasteiger partial charge in [0.2, 0.25) is 6.10 Å². The molecule has 2 rings (SSSR count). The van der Waals surface area contributed by atoms with Crippen LogP contribution in [-0.2, 0) is 19.1 Å². The number of halogens is 2. The van der Waals surface area contributed by atoms with Crippen LogP contribution >= 0.6 is 35.0 Å². The van der Waals surface area contributed by atoms with E-state index in [1.54, 1.807) is 0 Å². The molecular formula is C16H17Cl2NO5S. The van der Waals surface area contributed by atoms with Gasteiger partial charge in [-0.25, -0.2) is 9.59 Å². The van der Waals surface area contributed by atoms with E-state index in [-0.39, 0.29) is 17.2 Å². The number of hydrogen-bond acceptors (Lipinski definition) is 6. The molecule has 1 amide bonds. The Morgan fingerprint density at radius 2 is 2.20 bits per heavy atom. The molecule has 1 N–H and O–H groups in total. The predicted molar refractivity (Wildman–Crippen MR) is 96.2 cm³/mol. The van der Waals surface area contributed by atoms with Gasteiger partial charge in [-0.2, -0.15) is 11.8 Å². The average Bonchev–Trinajstić information content (AvgIpc) is 2.96. The Morgan fingerprint density at radius 3 is 2.80 bits per heavy atom. The first kappa shape index (κ1) is 19.9. The number of hydrogen-bond donors (Lipinski definition) is 1. The van der Waals surface area contributed by atoms with Gasteiger partial charge in [0.05, 0.1) is 17.2 Å². The maximum Gasteiger partial charge on any atom is 0.347 e. The smallest absolute Gasteiger partial charge is 0.347 e. The summed E-state index contributed by atoms with van der Waals surface area (Å²) in [5.74, 6) is -1.12.